The number of nitrogens with zero attached hydrogens (tertiary/aromatic N) is 4. The van der Waals surface area contributed by atoms with E-state index < -0.39 is 0 Å². The summed E-state index contributed by atoms with van der Waals surface area (Å²) < 4.78 is 1.70. The van der Waals surface area contributed by atoms with Crippen LogP contribution >= 0.6 is 11.6 Å². The van der Waals surface area contributed by atoms with Crippen LogP contribution in [0.1, 0.15) is 54.8 Å². The van der Waals surface area contributed by atoms with Gasteiger partial charge in [-0.25, -0.2) is 9.67 Å². The highest BCUT2D eigenvalue weighted by atomic mass is 35.5. The van der Waals surface area contributed by atoms with Gasteiger partial charge in [-0.1, -0.05) is 28.9 Å². The molecule has 7 nitrogen and oxygen atoms in total. The zero-order valence-corrected chi connectivity index (χ0v) is 18.1. The van der Waals surface area contributed by atoms with Crippen LogP contribution in [0.5, 0.6) is 0 Å². The minimum atomic E-state index is -0.226. The van der Waals surface area contributed by atoms with E-state index in [1.165, 1.54) is 0 Å². The van der Waals surface area contributed by atoms with E-state index >= 15 is 0 Å². The Bertz CT molecular complexity index is 1070. The molecule has 1 aliphatic rings. The lowest BCUT2D eigenvalue weighted by atomic mass is 9.95. The summed E-state index contributed by atoms with van der Waals surface area (Å²) in [6.07, 6.45) is 4.20. The molecule has 30 heavy (non-hydrogen) atoms. The number of hydrogen-bond donors (Lipinski definition) is 2. The van der Waals surface area contributed by atoms with E-state index in [1.54, 1.807) is 17.1 Å². The van der Waals surface area contributed by atoms with Crippen molar-refractivity contribution in [2.24, 2.45) is 0 Å². The summed E-state index contributed by atoms with van der Waals surface area (Å²) in [6.45, 7) is 7.61. The fourth-order valence-corrected chi connectivity index (χ4v) is 3.74. The van der Waals surface area contributed by atoms with Crippen molar-refractivity contribution >= 4 is 17.5 Å². The summed E-state index contributed by atoms with van der Waals surface area (Å²) in [6, 6.07) is 9.99. The van der Waals surface area contributed by atoms with Crippen molar-refractivity contribution in [1.29, 1.82) is 0 Å². The Morgan fingerprint density at radius 1 is 1.23 bits per heavy atom. The van der Waals surface area contributed by atoms with E-state index in [4.69, 9.17) is 11.6 Å². The number of aromatic nitrogens is 4. The summed E-state index contributed by atoms with van der Waals surface area (Å²) in [5, 5.41) is 15.2. The number of fused-ring (bicyclic) bond motifs is 1. The largest absolute Gasteiger partial charge is 0.344 e. The molecule has 4 rings (SSSR count). The van der Waals surface area contributed by atoms with Crippen LogP contribution in [-0.2, 0) is 12.1 Å². The average molecular weight is 425 g/mol. The highest BCUT2D eigenvalue weighted by Gasteiger charge is 2.24. The quantitative estimate of drug-likeness (QED) is 0.626. The van der Waals surface area contributed by atoms with E-state index in [0.29, 0.717) is 10.8 Å². The predicted octanol–water partition coefficient (Wildman–Crippen LogP) is 3.71. The predicted molar refractivity (Wildman–Crippen MR) is 116 cm³/mol. The Kier molecular flexibility index (Phi) is 5.58. The molecule has 2 N–H and O–H groups in total. The number of rotatable bonds is 3. The van der Waals surface area contributed by atoms with Crippen LogP contribution in [0.25, 0.3) is 11.1 Å². The topological polar surface area (TPSA) is 84.7 Å². The summed E-state index contributed by atoms with van der Waals surface area (Å²) in [4.78, 5) is 16.9. The number of nitrogens with one attached hydrogen (secondary N) is 2. The zero-order chi connectivity index (χ0) is 21.3. The normalized spacial score (nSPS) is 16.6. The SMILES string of the molecule is CC(C)(C)n1cc(C(=O)NC2CCNCc3cc(-c4ccnc(Cl)c4)ccc32)nn1. The van der Waals surface area contributed by atoms with Crippen LogP contribution in [0.2, 0.25) is 5.15 Å². The molecule has 0 aliphatic carbocycles. The lowest BCUT2D eigenvalue weighted by molar-refractivity contribution is 0.0930. The number of hydrogen-bond acceptors (Lipinski definition) is 5. The van der Waals surface area contributed by atoms with Gasteiger partial charge in [0.2, 0.25) is 0 Å². The molecule has 0 bridgehead atoms. The molecule has 3 aromatic rings. The van der Waals surface area contributed by atoms with Crippen molar-refractivity contribution in [1.82, 2.24) is 30.6 Å². The average Bonchev–Trinajstić information content (AvgIpc) is 3.13. The van der Waals surface area contributed by atoms with Gasteiger partial charge in [-0.05, 0) is 74.2 Å². The minimum Gasteiger partial charge on any atom is -0.344 e. The molecule has 0 radical (unpaired) electrons. The summed E-state index contributed by atoms with van der Waals surface area (Å²) in [5.74, 6) is -0.214. The Hall–Kier alpha value is -2.77. The van der Waals surface area contributed by atoms with E-state index in [2.05, 4.69) is 44.1 Å². The molecule has 1 amide bonds. The van der Waals surface area contributed by atoms with Gasteiger partial charge in [0.25, 0.3) is 5.91 Å². The zero-order valence-electron chi connectivity index (χ0n) is 17.3. The first-order chi connectivity index (χ1) is 14.3. The second-order valence-corrected chi connectivity index (χ2v) is 8.88. The summed E-state index contributed by atoms with van der Waals surface area (Å²) >= 11 is 6.05. The van der Waals surface area contributed by atoms with Crippen LogP contribution in [0.15, 0.2) is 42.7 Å². The third-order valence-electron chi connectivity index (χ3n) is 5.22. The van der Waals surface area contributed by atoms with Crippen molar-refractivity contribution < 1.29 is 4.79 Å². The van der Waals surface area contributed by atoms with Gasteiger partial charge in [-0.15, -0.1) is 5.10 Å². The highest BCUT2D eigenvalue weighted by Crippen LogP contribution is 2.29. The summed E-state index contributed by atoms with van der Waals surface area (Å²) in [5.41, 5.74) is 4.45. The van der Waals surface area contributed by atoms with Gasteiger partial charge in [0.15, 0.2) is 5.69 Å². The van der Waals surface area contributed by atoms with Crippen LogP contribution < -0.4 is 10.6 Å². The molecule has 1 unspecified atom stereocenters. The van der Waals surface area contributed by atoms with Gasteiger partial charge < -0.3 is 10.6 Å². The molecule has 156 valence electrons. The van der Waals surface area contributed by atoms with Gasteiger partial charge in [0.1, 0.15) is 5.15 Å². The Labute approximate surface area is 180 Å². The second-order valence-electron chi connectivity index (χ2n) is 8.49. The Morgan fingerprint density at radius 2 is 2.03 bits per heavy atom. The maximum atomic E-state index is 12.8. The molecule has 1 aliphatic heterocycles. The number of pyridine rings is 1. The molecule has 2 aromatic heterocycles. The molecule has 0 spiro atoms. The lowest BCUT2D eigenvalue weighted by Crippen LogP contribution is -2.30. The fraction of sp³-hybridized carbons (Fsp3) is 0.364. The number of carbonyl (C=O) groups excluding carboxylic acids is 1. The fourth-order valence-electron chi connectivity index (χ4n) is 3.56. The van der Waals surface area contributed by atoms with E-state index in [-0.39, 0.29) is 17.5 Å². The van der Waals surface area contributed by atoms with Gasteiger partial charge >= 0.3 is 0 Å². The maximum absolute atomic E-state index is 12.8. The van der Waals surface area contributed by atoms with Gasteiger partial charge in [-0.3, -0.25) is 4.79 Å². The van der Waals surface area contributed by atoms with Crippen LogP contribution in [0.3, 0.4) is 0 Å². The molecule has 0 saturated carbocycles. The Morgan fingerprint density at radius 3 is 2.77 bits per heavy atom. The standard InChI is InChI=1S/C22H25ClN6O/c1-22(2,3)29-13-19(27-28-29)21(30)26-18-7-8-24-12-16-10-14(4-5-17(16)18)15-6-9-25-20(23)11-15/h4-6,9-11,13,18,24H,7-8,12H2,1-3H3,(H,26,30). The van der Waals surface area contributed by atoms with Gasteiger partial charge in [0, 0.05) is 12.7 Å². The molecule has 8 heteroatoms. The molecule has 1 aromatic carbocycles. The highest BCUT2D eigenvalue weighted by molar-refractivity contribution is 6.29. The van der Waals surface area contributed by atoms with E-state index in [0.717, 1.165) is 41.8 Å². The van der Waals surface area contributed by atoms with Crippen molar-refractivity contribution in [2.75, 3.05) is 6.54 Å². The number of benzene rings is 1. The second kappa shape index (κ2) is 8.16. The van der Waals surface area contributed by atoms with E-state index in [9.17, 15) is 4.79 Å². The van der Waals surface area contributed by atoms with Crippen LogP contribution in [0.4, 0.5) is 0 Å². The molecule has 0 fully saturated rings. The monoisotopic (exact) mass is 424 g/mol. The smallest absolute Gasteiger partial charge is 0.273 e. The first-order valence-electron chi connectivity index (χ1n) is 10.0. The first-order valence-corrected chi connectivity index (χ1v) is 10.4. The van der Waals surface area contributed by atoms with Crippen molar-refractivity contribution in [2.45, 2.75) is 45.3 Å². The number of halogens is 1. The van der Waals surface area contributed by atoms with Crippen LogP contribution in [0, 0.1) is 0 Å². The molecular weight excluding hydrogens is 400 g/mol. The maximum Gasteiger partial charge on any atom is 0.273 e. The third kappa shape index (κ3) is 4.37. The first kappa shape index (κ1) is 20.5. The lowest BCUT2D eigenvalue weighted by Gasteiger charge is -2.19. The van der Waals surface area contributed by atoms with Crippen molar-refractivity contribution in [3.8, 4) is 11.1 Å². The number of carbonyl (C=O) groups is 1. The van der Waals surface area contributed by atoms with Gasteiger partial charge in [0.05, 0.1) is 17.8 Å². The summed E-state index contributed by atoms with van der Waals surface area (Å²) in [7, 11) is 0. The molecular formula is C22H25ClN6O. The molecule has 1 atom stereocenters. The molecule has 0 saturated heterocycles. The van der Waals surface area contributed by atoms with Crippen molar-refractivity contribution in [3.05, 3.63) is 64.7 Å². The van der Waals surface area contributed by atoms with E-state index in [1.807, 2.05) is 32.9 Å². The number of amides is 1. The minimum absolute atomic E-state index is 0.0997. The Balaban J connectivity index is 1.58. The van der Waals surface area contributed by atoms with Crippen molar-refractivity contribution in [3.63, 3.8) is 0 Å². The third-order valence-corrected chi connectivity index (χ3v) is 5.43. The van der Waals surface area contributed by atoms with Crippen LogP contribution in [-0.4, -0.2) is 32.4 Å². The van der Waals surface area contributed by atoms with Gasteiger partial charge in [-0.2, -0.15) is 0 Å². The molecule has 3 heterocycles.